The summed E-state index contributed by atoms with van der Waals surface area (Å²) >= 11 is 0. The molecule has 0 aromatic carbocycles. The highest BCUT2D eigenvalue weighted by atomic mass is 16.3. The number of aliphatic hydroxyl groups excluding tert-OH is 1. The van der Waals surface area contributed by atoms with Crippen molar-refractivity contribution < 1.29 is 15.0 Å². The summed E-state index contributed by atoms with van der Waals surface area (Å²) in [4.78, 5) is 12.2. The van der Waals surface area contributed by atoms with Crippen LogP contribution in [0, 0.1) is 17.3 Å². The molecule has 0 aromatic heterocycles. The Morgan fingerprint density at radius 1 is 1.44 bits per heavy atom. The Hall–Kier alpha value is -0.670. The van der Waals surface area contributed by atoms with Crippen LogP contribution in [-0.2, 0) is 4.79 Å². The molecule has 3 heteroatoms. The van der Waals surface area contributed by atoms with E-state index in [0.717, 1.165) is 18.4 Å². The summed E-state index contributed by atoms with van der Waals surface area (Å²) < 4.78 is 0. The van der Waals surface area contributed by atoms with Crippen LogP contribution < -0.4 is 0 Å². The molecule has 1 fully saturated rings. The van der Waals surface area contributed by atoms with Crippen molar-refractivity contribution in [2.75, 3.05) is 0 Å². The largest absolute Gasteiger partial charge is 0.392 e. The van der Waals surface area contributed by atoms with Crippen molar-refractivity contribution in [2.24, 2.45) is 17.3 Å². The Balaban J connectivity index is 2.55. The lowest BCUT2D eigenvalue weighted by Crippen LogP contribution is -2.58. The monoisotopic (exact) mass is 252 g/mol. The molecule has 0 bridgehead atoms. The number of allylic oxidation sites excluding steroid dienone is 2. The molecular weight excluding hydrogens is 228 g/mol. The van der Waals surface area contributed by atoms with Crippen LogP contribution >= 0.6 is 0 Å². The molecule has 3 nitrogen and oxygen atoms in total. The number of aliphatic hydroxyl groups is 2. The number of hydrogen-bond donors (Lipinski definition) is 2. The summed E-state index contributed by atoms with van der Waals surface area (Å²) in [6.45, 7) is 7.63. The van der Waals surface area contributed by atoms with Crippen LogP contribution in [0.1, 0.15) is 47.0 Å². The average Bonchev–Trinajstić information content (AvgIpc) is 2.18. The van der Waals surface area contributed by atoms with E-state index in [1.54, 1.807) is 13.8 Å². The minimum absolute atomic E-state index is 0.0528. The molecule has 4 atom stereocenters. The third-order valence-electron chi connectivity index (χ3n) is 5.04. The molecule has 0 heterocycles. The van der Waals surface area contributed by atoms with E-state index in [9.17, 15) is 15.0 Å². The highest BCUT2D eigenvalue weighted by molar-refractivity contribution is 5.98. The number of hydrogen-bond acceptors (Lipinski definition) is 3. The Labute approximate surface area is 109 Å². The van der Waals surface area contributed by atoms with Gasteiger partial charge in [-0.2, -0.15) is 0 Å². The lowest BCUT2D eigenvalue weighted by Gasteiger charge is -2.54. The molecule has 0 aliphatic heterocycles. The normalized spacial score (nSPS) is 41.3. The van der Waals surface area contributed by atoms with Gasteiger partial charge in [-0.15, -0.1) is 0 Å². The van der Waals surface area contributed by atoms with Crippen molar-refractivity contribution in [3.8, 4) is 0 Å². The molecule has 0 aromatic rings. The molecule has 0 spiro atoms. The zero-order chi connectivity index (χ0) is 13.7. The van der Waals surface area contributed by atoms with Gasteiger partial charge >= 0.3 is 0 Å². The van der Waals surface area contributed by atoms with Gasteiger partial charge in [-0.1, -0.05) is 19.9 Å². The summed E-state index contributed by atoms with van der Waals surface area (Å²) in [7, 11) is 0. The molecule has 0 saturated heterocycles. The summed E-state index contributed by atoms with van der Waals surface area (Å²) in [5.74, 6) is 0.0640. The van der Waals surface area contributed by atoms with Crippen LogP contribution in [0.15, 0.2) is 11.6 Å². The number of carbonyl (C=O) groups is 1. The SMILES string of the molecule is C[C@@H]1CCC=C2C(=O)C[C@@H](O)C(C(C)(C)O)[C@]21C. The molecule has 2 aliphatic carbocycles. The first-order valence-electron chi connectivity index (χ1n) is 6.83. The molecule has 1 unspecified atom stereocenters. The molecule has 18 heavy (non-hydrogen) atoms. The van der Waals surface area contributed by atoms with Gasteiger partial charge in [0, 0.05) is 17.8 Å². The quantitative estimate of drug-likeness (QED) is 0.751. The van der Waals surface area contributed by atoms with Gasteiger partial charge in [0.15, 0.2) is 5.78 Å². The van der Waals surface area contributed by atoms with E-state index in [0.29, 0.717) is 5.92 Å². The first kappa shape index (κ1) is 13.8. The Morgan fingerprint density at radius 2 is 2.06 bits per heavy atom. The van der Waals surface area contributed by atoms with Crippen molar-refractivity contribution in [1.82, 2.24) is 0 Å². The second-order valence-corrected chi connectivity index (χ2v) is 6.70. The van der Waals surface area contributed by atoms with E-state index in [1.165, 1.54) is 0 Å². The third kappa shape index (κ3) is 1.84. The summed E-state index contributed by atoms with van der Waals surface area (Å²) in [6.07, 6.45) is 3.34. The Kier molecular flexibility index (Phi) is 3.19. The third-order valence-corrected chi connectivity index (χ3v) is 5.04. The minimum Gasteiger partial charge on any atom is -0.392 e. The number of fused-ring (bicyclic) bond motifs is 1. The highest BCUT2D eigenvalue weighted by Crippen LogP contribution is 2.55. The van der Waals surface area contributed by atoms with Crippen molar-refractivity contribution in [2.45, 2.75) is 58.7 Å². The average molecular weight is 252 g/mol. The Bertz CT molecular complexity index is 391. The lowest BCUT2D eigenvalue weighted by molar-refractivity contribution is -0.146. The molecule has 1 saturated carbocycles. The standard InChI is InChI=1S/C15H24O3/c1-9-6-5-7-10-11(16)8-12(17)13(14(2,3)18)15(9,10)4/h7,9,12-13,17-18H,5-6,8H2,1-4H3/t9-,12-,13?,15+/m1/s1. The molecule has 0 radical (unpaired) electrons. The van der Waals surface area contributed by atoms with E-state index in [1.807, 2.05) is 13.0 Å². The minimum atomic E-state index is -0.987. The van der Waals surface area contributed by atoms with Crippen LogP contribution in [0.5, 0.6) is 0 Å². The summed E-state index contributed by atoms with van der Waals surface area (Å²) in [5, 5.41) is 20.7. The van der Waals surface area contributed by atoms with Gasteiger partial charge < -0.3 is 10.2 Å². The van der Waals surface area contributed by atoms with E-state index in [2.05, 4.69) is 6.92 Å². The fraction of sp³-hybridized carbons (Fsp3) is 0.800. The molecule has 2 aliphatic rings. The van der Waals surface area contributed by atoms with Gasteiger partial charge in [0.1, 0.15) is 0 Å². The maximum Gasteiger partial charge on any atom is 0.161 e. The van der Waals surface area contributed by atoms with Gasteiger partial charge in [-0.3, -0.25) is 4.79 Å². The molecule has 2 rings (SSSR count). The van der Waals surface area contributed by atoms with E-state index >= 15 is 0 Å². The predicted octanol–water partition coefficient (Wildman–Crippen LogP) is 2.07. The topological polar surface area (TPSA) is 57.5 Å². The second-order valence-electron chi connectivity index (χ2n) is 6.70. The maximum absolute atomic E-state index is 12.2. The van der Waals surface area contributed by atoms with Crippen LogP contribution in [-0.4, -0.2) is 27.7 Å². The fourth-order valence-electron chi connectivity index (χ4n) is 4.17. The van der Waals surface area contributed by atoms with E-state index in [4.69, 9.17) is 0 Å². The summed E-state index contributed by atoms with van der Waals surface area (Å²) in [6, 6.07) is 0. The lowest BCUT2D eigenvalue weighted by atomic mass is 9.51. The van der Waals surface area contributed by atoms with Gasteiger partial charge in [-0.05, 0) is 38.2 Å². The zero-order valence-corrected chi connectivity index (χ0v) is 11.7. The van der Waals surface area contributed by atoms with Crippen molar-refractivity contribution in [3.63, 3.8) is 0 Å². The smallest absolute Gasteiger partial charge is 0.161 e. The molecule has 2 N–H and O–H groups in total. The molecule has 102 valence electrons. The van der Waals surface area contributed by atoms with Crippen molar-refractivity contribution >= 4 is 5.78 Å². The van der Waals surface area contributed by atoms with Crippen LogP contribution in [0.25, 0.3) is 0 Å². The van der Waals surface area contributed by atoms with Gasteiger partial charge in [0.2, 0.25) is 0 Å². The van der Waals surface area contributed by atoms with E-state index in [-0.39, 0.29) is 18.1 Å². The van der Waals surface area contributed by atoms with Gasteiger partial charge in [0.25, 0.3) is 0 Å². The van der Waals surface area contributed by atoms with Gasteiger partial charge in [-0.25, -0.2) is 0 Å². The van der Waals surface area contributed by atoms with Gasteiger partial charge in [0.05, 0.1) is 11.7 Å². The zero-order valence-electron chi connectivity index (χ0n) is 11.7. The second kappa shape index (κ2) is 4.17. The van der Waals surface area contributed by atoms with Crippen LogP contribution in [0.3, 0.4) is 0 Å². The molecule has 0 amide bonds. The first-order valence-corrected chi connectivity index (χ1v) is 6.83. The highest BCUT2D eigenvalue weighted by Gasteiger charge is 2.56. The first-order chi connectivity index (χ1) is 8.19. The van der Waals surface area contributed by atoms with E-state index < -0.39 is 17.1 Å². The van der Waals surface area contributed by atoms with Crippen molar-refractivity contribution in [3.05, 3.63) is 11.6 Å². The molecular formula is C15H24O3. The van der Waals surface area contributed by atoms with Crippen LogP contribution in [0.4, 0.5) is 0 Å². The number of rotatable bonds is 1. The fourth-order valence-corrected chi connectivity index (χ4v) is 4.17. The number of carbonyl (C=O) groups excluding carboxylic acids is 1. The Morgan fingerprint density at radius 3 is 2.61 bits per heavy atom. The predicted molar refractivity (Wildman–Crippen MR) is 70.0 cm³/mol. The maximum atomic E-state index is 12.2. The van der Waals surface area contributed by atoms with Crippen molar-refractivity contribution in [1.29, 1.82) is 0 Å². The number of Topliss-reactive ketones (excluding diaryl/α,β-unsaturated/α-hetero) is 1. The number of ketones is 1. The van der Waals surface area contributed by atoms with Crippen LogP contribution in [0.2, 0.25) is 0 Å². The summed E-state index contributed by atoms with van der Waals surface area (Å²) in [5.41, 5.74) is -0.566.